The molecular weight excluding hydrogens is 332 g/mol. The van der Waals surface area contributed by atoms with Crippen LogP contribution in [0.1, 0.15) is 46.6 Å². The van der Waals surface area contributed by atoms with E-state index in [1.807, 2.05) is 16.6 Å². The predicted molar refractivity (Wildman–Crippen MR) is 99.9 cm³/mol. The number of carbonyl (C=O) groups excluding carboxylic acids is 1. The van der Waals surface area contributed by atoms with Crippen LogP contribution in [0.5, 0.6) is 0 Å². The van der Waals surface area contributed by atoms with Gasteiger partial charge < -0.3 is 4.90 Å². The highest BCUT2D eigenvalue weighted by Crippen LogP contribution is 2.28. The number of thiophene rings is 1. The molecule has 1 aliphatic carbocycles. The summed E-state index contributed by atoms with van der Waals surface area (Å²) in [6.07, 6.45) is 5.30. The number of rotatable bonds is 4. The molecule has 3 heterocycles. The summed E-state index contributed by atoms with van der Waals surface area (Å²) >= 11 is 1.75. The zero-order chi connectivity index (χ0) is 17.4. The molecule has 5 nitrogen and oxygen atoms in total. The predicted octanol–water partition coefficient (Wildman–Crippen LogP) is 2.71. The van der Waals surface area contributed by atoms with Crippen LogP contribution in [0.4, 0.5) is 0 Å². The number of likely N-dealkylation sites (tertiary alicyclic amines) is 1. The molecule has 1 amide bonds. The fraction of sp³-hybridized carbons (Fsp3) is 0.579. The van der Waals surface area contributed by atoms with Gasteiger partial charge in [0.1, 0.15) is 0 Å². The van der Waals surface area contributed by atoms with Gasteiger partial charge >= 0.3 is 0 Å². The Kier molecular flexibility index (Phi) is 4.65. The first-order chi connectivity index (χ1) is 12.1. The van der Waals surface area contributed by atoms with Crippen molar-refractivity contribution in [1.29, 1.82) is 0 Å². The van der Waals surface area contributed by atoms with Crippen molar-refractivity contribution < 1.29 is 4.79 Å². The maximum Gasteiger partial charge on any atom is 0.274 e. The molecule has 0 aromatic carbocycles. The number of nitrogens with zero attached hydrogens (tertiary/aromatic N) is 4. The highest BCUT2D eigenvalue weighted by Gasteiger charge is 2.32. The van der Waals surface area contributed by atoms with Crippen LogP contribution in [0.3, 0.4) is 0 Å². The van der Waals surface area contributed by atoms with E-state index in [0.29, 0.717) is 11.7 Å². The number of amides is 1. The molecule has 2 aromatic rings. The molecule has 4 rings (SSSR count). The number of likely N-dealkylation sites (N-methyl/N-ethyl adjacent to an activating group) is 1. The third kappa shape index (κ3) is 3.25. The molecule has 1 saturated heterocycles. The van der Waals surface area contributed by atoms with Crippen LogP contribution in [0.15, 0.2) is 16.8 Å². The average Bonchev–Trinajstić information content (AvgIpc) is 3.35. The molecule has 1 fully saturated rings. The van der Waals surface area contributed by atoms with Crippen LogP contribution in [-0.2, 0) is 26.4 Å². The lowest BCUT2D eigenvalue weighted by atomic mass is 9.90. The van der Waals surface area contributed by atoms with Gasteiger partial charge in [0, 0.05) is 44.0 Å². The normalized spacial score (nSPS) is 20.3. The quantitative estimate of drug-likeness (QED) is 0.844. The smallest absolute Gasteiger partial charge is 0.274 e. The monoisotopic (exact) mass is 358 g/mol. The van der Waals surface area contributed by atoms with Crippen molar-refractivity contribution in [2.45, 2.75) is 44.7 Å². The Morgan fingerprint density at radius 1 is 1.40 bits per heavy atom. The van der Waals surface area contributed by atoms with Gasteiger partial charge in [-0.2, -0.15) is 16.4 Å². The summed E-state index contributed by atoms with van der Waals surface area (Å²) in [5.74, 6) is 0.135. The largest absolute Gasteiger partial charge is 0.337 e. The van der Waals surface area contributed by atoms with E-state index < -0.39 is 0 Å². The van der Waals surface area contributed by atoms with Crippen LogP contribution in [0, 0.1) is 0 Å². The SMILES string of the molecule is CN(Cc1ccsc1)C1CCc2c(c(C(=O)N3CCCC3)nn2C)C1. The minimum Gasteiger partial charge on any atom is -0.337 e. The summed E-state index contributed by atoms with van der Waals surface area (Å²) in [4.78, 5) is 17.3. The van der Waals surface area contributed by atoms with Gasteiger partial charge in [-0.3, -0.25) is 14.4 Å². The van der Waals surface area contributed by atoms with Crippen molar-refractivity contribution in [2.24, 2.45) is 7.05 Å². The molecule has 25 heavy (non-hydrogen) atoms. The van der Waals surface area contributed by atoms with Crippen molar-refractivity contribution in [1.82, 2.24) is 19.6 Å². The Balaban J connectivity index is 1.54. The summed E-state index contributed by atoms with van der Waals surface area (Å²) in [5, 5.41) is 8.97. The molecule has 134 valence electrons. The summed E-state index contributed by atoms with van der Waals surface area (Å²) < 4.78 is 1.94. The average molecular weight is 359 g/mol. The fourth-order valence-electron chi connectivity index (χ4n) is 4.19. The van der Waals surface area contributed by atoms with E-state index in [4.69, 9.17) is 0 Å². The second-order valence-electron chi connectivity index (χ2n) is 7.34. The number of aryl methyl sites for hydroxylation is 1. The number of carbonyl (C=O) groups is 1. The zero-order valence-corrected chi connectivity index (χ0v) is 15.9. The van der Waals surface area contributed by atoms with Crippen LogP contribution in [0.25, 0.3) is 0 Å². The first kappa shape index (κ1) is 16.8. The molecule has 1 aliphatic heterocycles. The van der Waals surface area contributed by atoms with Crippen molar-refractivity contribution in [3.8, 4) is 0 Å². The molecule has 1 atom stereocenters. The van der Waals surface area contributed by atoms with E-state index in [2.05, 4.69) is 33.9 Å². The van der Waals surface area contributed by atoms with E-state index in [1.165, 1.54) is 16.8 Å². The molecule has 0 bridgehead atoms. The fourth-order valence-corrected chi connectivity index (χ4v) is 4.85. The molecule has 0 N–H and O–H groups in total. The van der Waals surface area contributed by atoms with Crippen molar-refractivity contribution in [3.05, 3.63) is 39.3 Å². The third-order valence-electron chi connectivity index (χ3n) is 5.66. The van der Waals surface area contributed by atoms with Crippen LogP contribution in [-0.4, -0.2) is 51.7 Å². The standard InChI is InChI=1S/C19H26N4OS/c1-21(12-14-7-10-25-13-14)15-5-6-17-16(11-15)18(20-22(17)2)19(24)23-8-3-4-9-23/h7,10,13,15H,3-6,8-9,11-12H2,1-2H3. The van der Waals surface area contributed by atoms with Crippen molar-refractivity contribution in [2.75, 3.05) is 20.1 Å². The van der Waals surface area contributed by atoms with Crippen LogP contribution >= 0.6 is 11.3 Å². The number of aromatic nitrogens is 2. The van der Waals surface area contributed by atoms with E-state index in [-0.39, 0.29) is 5.91 Å². The Labute approximate surface area is 153 Å². The summed E-state index contributed by atoms with van der Waals surface area (Å²) in [6.45, 7) is 2.73. The Morgan fingerprint density at radius 2 is 2.20 bits per heavy atom. The lowest BCUT2D eigenvalue weighted by Crippen LogP contribution is -2.37. The van der Waals surface area contributed by atoms with E-state index in [0.717, 1.165) is 51.7 Å². The van der Waals surface area contributed by atoms with Crippen molar-refractivity contribution in [3.63, 3.8) is 0 Å². The van der Waals surface area contributed by atoms with Gasteiger partial charge in [0.25, 0.3) is 5.91 Å². The summed E-state index contributed by atoms with van der Waals surface area (Å²) in [7, 11) is 4.18. The highest BCUT2D eigenvalue weighted by molar-refractivity contribution is 7.07. The second-order valence-corrected chi connectivity index (χ2v) is 8.12. The molecule has 1 unspecified atom stereocenters. The molecule has 0 spiro atoms. The van der Waals surface area contributed by atoms with Crippen LogP contribution < -0.4 is 0 Å². The third-order valence-corrected chi connectivity index (χ3v) is 6.39. The minimum absolute atomic E-state index is 0.135. The lowest BCUT2D eigenvalue weighted by Gasteiger charge is -2.31. The Hall–Kier alpha value is -1.66. The summed E-state index contributed by atoms with van der Waals surface area (Å²) in [5.41, 5.74) is 4.52. The van der Waals surface area contributed by atoms with Gasteiger partial charge in [0.2, 0.25) is 0 Å². The lowest BCUT2D eigenvalue weighted by molar-refractivity contribution is 0.0784. The van der Waals surface area contributed by atoms with Gasteiger partial charge in [-0.15, -0.1) is 0 Å². The van der Waals surface area contributed by atoms with E-state index in [9.17, 15) is 4.79 Å². The van der Waals surface area contributed by atoms with Gasteiger partial charge in [0.05, 0.1) is 0 Å². The molecule has 0 saturated carbocycles. The van der Waals surface area contributed by atoms with Crippen LogP contribution in [0.2, 0.25) is 0 Å². The van der Waals surface area contributed by atoms with Gasteiger partial charge in [-0.05, 0) is 61.5 Å². The first-order valence-corrected chi connectivity index (χ1v) is 10.1. The minimum atomic E-state index is 0.135. The van der Waals surface area contributed by atoms with Gasteiger partial charge in [-0.1, -0.05) is 0 Å². The number of fused-ring (bicyclic) bond motifs is 1. The maximum atomic E-state index is 12.9. The topological polar surface area (TPSA) is 41.4 Å². The molecule has 6 heteroatoms. The number of hydrogen-bond donors (Lipinski definition) is 0. The van der Waals surface area contributed by atoms with Gasteiger partial charge in [-0.25, -0.2) is 0 Å². The summed E-state index contributed by atoms with van der Waals surface area (Å²) in [6, 6.07) is 2.67. The Morgan fingerprint density at radius 3 is 2.92 bits per heavy atom. The highest BCUT2D eigenvalue weighted by atomic mass is 32.1. The number of hydrogen-bond acceptors (Lipinski definition) is 4. The van der Waals surface area contributed by atoms with Crippen molar-refractivity contribution >= 4 is 17.2 Å². The zero-order valence-electron chi connectivity index (χ0n) is 15.1. The Bertz CT molecular complexity index is 746. The molecule has 0 radical (unpaired) electrons. The maximum absolute atomic E-state index is 12.9. The second kappa shape index (κ2) is 6.92. The molecule has 2 aromatic heterocycles. The van der Waals surface area contributed by atoms with E-state index >= 15 is 0 Å². The molecular formula is C19H26N4OS. The van der Waals surface area contributed by atoms with Gasteiger partial charge in [0.15, 0.2) is 5.69 Å². The molecule has 2 aliphatic rings. The first-order valence-electron chi connectivity index (χ1n) is 9.19. The van der Waals surface area contributed by atoms with E-state index in [1.54, 1.807) is 11.3 Å².